The number of hydrogen-bond acceptors (Lipinski definition) is 5. The SMILES string of the molecule is CC(=O)Nc1ccc(NC(=O)c2ccc(-n3nnc4ccccc4c3=O)cc2)cc1. The lowest BCUT2D eigenvalue weighted by molar-refractivity contribution is -0.114. The molecule has 8 nitrogen and oxygen atoms in total. The van der Waals surface area contributed by atoms with E-state index in [9.17, 15) is 14.4 Å². The molecule has 0 unspecified atom stereocenters. The lowest BCUT2D eigenvalue weighted by Crippen LogP contribution is -2.22. The van der Waals surface area contributed by atoms with Crippen LogP contribution in [0.15, 0.2) is 77.6 Å². The molecule has 0 aliphatic heterocycles. The van der Waals surface area contributed by atoms with E-state index >= 15 is 0 Å². The van der Waals surface area contributed by atoms with Crippen molar-refractivity contribution in [2.75, 3.05) is 10.6 Å². The highest BCUT2D eigenvalue weighted by Crippen LogP contribution is 2.15. The Bertz CT molecular complexity index is 1300. The van der Waals surface area contributed by atoms with Crippen molar-refractivity contribution >= 4 is 34.1 Å². The molecule has 4 rings (SSSR count). The average molecular weight is 399 g/mol. The molecule has 0 aliphatic carbocycles. The highest BCUT2D eigenvalue weighted by atomic mass is 16.2. The minimum atomic E-state index is -0.300. The topological polar surface area (TPSA) is 106 Å². The first-order valence-electron chi connectivity index (χ1n) is 9.15. The average Bonchev–Trinajstić information content (AvgIpc) is 2.75. The van der Waals surface area contributed by atoms with E-state index < -0.39 is 0 Å². The van der Waals surface area contributed by atoms with Gasteiger partial charge in [-0.05, 0) is 60.7 Å². The van der Waals surface area contributed by atoms with E-state index in [4.69, 9.17) is 0 Å². The number of carbonyl (C=O) groups excluding carboxylic acids is 2. The first kappa shape index (κ1) is 19.0. The number of amides is 2. The van der Waals surface area contributed by atoms with Crippen LogP contribution in [0.1, 0.15) is 17.3 Å². The van der Waals surface area contributed by atoms with Crippen LogP contribution in [0.2, 0.25) is 0 Å². The second kappa shape index (κ2) is 7.96. The number of hydrogen-bond donors (Lipinski definition) is 2. The van der Waals surface area contributed by atoms with Crippen LogP contribution in [0.3, 0.4) is 0 Å². The van der Waals surface area contributed by atoms with Gasteiger partial charge in [-0.3, -0.25) is 14.4 Å². The number of aromatic nitrogens is 3. The number of fused-ring (bicyclic) bond motifs is 1. The van der Waals surface area contributed by atoms with Gasteiger partial charge in [0.05, 0.1) is 11.1 Å². The van der Waals surface area contributed by atoms with Gasteiger partial charge in [-0.25, -0.2) is 0 Å². The summed E-state index contributed by atoms with van der Waals surface area (Å²) in [5, 5.41) is 14.0. The van der Waals surface area contributed by atoms with E-state index in [0.29, 0.717) is 33.5 Å². The van der Waals surface area contributed by atoms with Crippen LogP contribution in [-0.4, -0.2) is 26.8 Å². The predicted molar refractivity (Wildman–Crippen MR) is 114 cm³/mol. The molecule has 0 bridgehead atoms. The molecule has 0 radical (unpaired) electrons. The molecule has 2 N–H and O–H groups in total. The third-order valence-electron chi connectivity index (χ3n) is 4.41. The van der Waals surface area contributed by atoms with Crippen LogP contribution in [-0.2, 0) is 4.79 Å². The maximum Gasteiger partial charge on any atom is 0.282 e. The Hall–Kier alpha value is -4.33. The smallest absolute Gasteiger partial charge is 0.282 e. The van der Waals surface area contributed by atoms with Gasteiger partial charge in [0.25, 0.3) is 11.5 Å². The van der Waals surface area contributed by atoms with Crippen molar-refractivity contribution in [2.24, 2.45) is 0 Å². The van der Waals surface area contributed by atoms with Crippen molar-refractivity contribution in [1.29, 1.82) is 0 Å². The predicted octanol–water partition coefficient (Wildman–Crippen LogP) is 2.99. The molecule has 0 saturated heterocycles. The second-order valence-corrected chi connectivity index (χ2v) is 6.58. The molecule has 8 heteroatoms. The van der Waals surface area contributed by atoms with Crippen LogP contribution in [0.25, 0.3) is 16.6 Å². The molecule has 0 aliphatic rings. The fourth-order valence-corrected chi connectivity index (χ4v) is 2.96. The van der Waals surface area contributed by atoms with E-state index in [0.717, 1.165) is 0 Å². The zero-order valence-electron chi connectivity index (χ0n) is 16.0. The molecular weight excluding hydrogens is 382 g/mol. The summed E-state index contributed by atoms with van der Waals surface area (Å²) >= 11 is 0. The van der Waals surface area contributed by atoms with Crippen molar-refractivity contribution in [3.05, 3.63) is 88.7 Å². The number of nitrogens with zero attached hydrogens (tertiary/aromatic N) is 3. The maximum atomic E-state index is 12.6. The Balaban J connectivity index is 1.52. The fraction of sp³-hybridized carbons (Fsp3) is 0.0455. The van der Waals surface area contributed by atoms with E-state index in [-0.39, 0.29) is 17.4 Å². The van der Waals surface area contributed by atoms with Gasteiger partial charge in [0.15, 0.2) is 0 Å². The Morgan fingerprint density at radius 2 is 1.47 bits per heavy atom. The molecule has 4 aromatic rings. The molecular formula is C22H17N5O3. The first-order chi connectivity index (χ1) is 14.5. The second-order valence-electron chi connectivity index (χ2n) is 6.58. The normalized spacial score (nSPS) is 10.6. The van der Waals surface area contributed by atoms with Gasteiger partial charge in [0, 0.05) is 23.9 Å². The van der Waals surface area contributed by atoms with E-state index in [1.54, 1.807) is 72.8 Å². The van der Waals surface area contributed by atoms with Crippen LogP contribution < -0.4 is 16.2 Å². The van der Waals surface area contributed by atoms with Gasteiger partial charge in [0.2, 0.25) is 5.91 Å². The Morgan fingerprint density at radius 1 is 0.833 bits per heavy atom. The van der Waals surface area contributed by atoms with Crippen molar-refractivity contribution in [1.82, 2.24) is 15.0 Å². The summed E-state index contributed by atoms with van der Waals surface area (Å²) < 4.78 is 1.20. The summed E-state index contributed by atoms with van der Waals surface area (Å²) in [7, 11) is 0. The molecule has 2 amide bonds. The molecule has 148 valence electrons. The molecule has 0 spiro atoms. The molecule has 1 heterocycles. The van der Waals surface area contributed by atoms with Gasteiger partial charge in [-0.1, -0.05) is 17.3 Å². The maximum absolute atomic E-state index is 12.6. The Labute approximate surface area is 171 Å². The number of anilines is 2. The number of benzene rings is 3. The van der Waals surface area contributed by atoms with E-state index in [1.807, 2.05) is 0 Å². The van der Waals surface area contributed by atoms with Crippen LogP contribution >= 0.6 is 0 Å². The summed E-state index contributed by atoms with van der Waals surface area (Å²) in [5.74, 6) is -0.465. The monoisotopic (exact) mass is 399 g/mol. The summed E-state index contributed by atoms with van der Waals surface area (Å²) in [6, 6.07) is 20.3. The van der Waals surface area contributed by atoms with Crippen LogP contribution in [0, 0.1) is 0 Å². The molecule has 0 atom stereocenters. The lowest BCUT2D eigenvalue weighted by Gasteiger charge is -2.08. The van der Waals surface area contributed by atoms with E-state index in [2.05, 4.69) is 20.9 Å². The summed E-state index contributed by atoms with van der Waals surface area (Å²) in [6.07, 6.45) is 0. The number of carbonyl (C=O) groups is 2. The Kier molecular flexibility index (Phi) is 5.04. The standard InChI is InChI=1S/C22H17N5O3/c1-14(28)23-16-8-10-17(11-9-16)24-21(29)15-6-12-18(13-7-15)27-22(30)19-4-2-3-5-20(19)25-26-27/h2-13H,1H3,(H,23,28)(H,24,29). The summed E-state index contributed by atoms with van der Waals surface area (Å²) in [5.41, 5.74) is 2.42. The van der Waals surface area contributed by atoms with Crippen LogP contribution in [0.5, 0.6) is 0 Å². The quantitative estimate of drug-likeness (QED) is 0.549. The minimum absolute atomic E-state index is 0.165. The zero-order chi connectivity index (χ0) is 21.1. The van der Waals surface area contributed by atoms with Crippen molar-refractivity contribution in [3.63, 3.8) is 0 Å². The minimum Gasteiger partial charge on any atom is -0.326 e. The number of nitrogens with one attached hydrogen (secondary N) is 2. The van der Waals surface area contributed by atoms with Gasteiger partial charge >= 0.3 is 0 Å². The zero-order valence-corrected chi connectivity index (χ0v) is 16.0. The van der Waals surface area contributed by atoms with Crippen molar-refractivity contribution in [2.45, 2.75) is 6.92 Å². The van der Waals surface area contributed by atoms with Crippen molar-refractivity contribution in [3.8, 4) is 5.69 Å². The largest absolute Gasteiger partial charge is 0.326 e. The third kappa shape index (κ3) is 3.93. The van der Waals surface area contributed by atoms with Gasteiger partial charge in [-0.2, -0.15) is 4.68 Å². The number of rotatable bonds is 4. The lowest BCUT2D eigenvalue weighted by atomic mass is 10.2. The van der Waals surface area contributed by atoms with Gasteiger partial charge in [-0.15, -0.1) is 5.10 Å². The fourth-order valence-electron chi connectivity index (χ4n) is 2.96. The summed E-state index contributed by atoms with van der Waals surface area (Å²) in [4.78, 5) is 36.2. The third-order valence-corrected chi connectivity index (χ3v) is 4.41. The molecule has 30 heavy (non-hydrogen) atoms. The molecule has 3 aromatic carbocycles. The molecule has 1 aromatic heterocycles. The van der Waals surface area contributed by atoms with E-state index in [1.165, 1.54) is 11.6 Å². The molecule has 0 saturated carbocycles. The Morgan fingerprint density at radius 3 is 2.13 bits per heavy atom. The van der Waals surface area contributed by atoms with Gasteiger partial charge in [0.1, 0.15) is 5.52 Å². The summed E-state index contributed by atoms with van der Waals surface area (Å²) in [6.45, 7) is 1.43. The highest BCUT2D eigenvalue weighted by molar-refractivity contribution is 6.04. The molecule has 0 fully saturated rings. The van der Waals surface area contributed by atoms with Crippen molar-refractivity contribution < 1.29 is 9.59 Å². The van der Waals surface area contributed by atoms with Crippen LogP contribution in [0.4, 0.5) is 11.4 Å². The van der Waals surface area contributed by atoms with Gasteiger partial charge < -0.3 is 10.6 Å². The first-order valence-corrected chi connectivity index (χ1v) is 9.15. The highest BCUT2D eigenvalue weighted by Gasteiger charge is 2.10.